The molecule has 1 heterocycles. The molecule has 0 aliphatic carbocycles. The number of likely N-dealkylation sites (N-methyl/N-ethyl adjacent to an activating group) is 1. The highest BCUT2D eigenvalue weighted by molar-refractivity contribution is 5.99. The number of hydrogen-bond acceptors (Lipinski definition) is 5. The maximum atomic E-state index is 12.1. The van der Waals surface area contributed by atoms with Gasteiger partial charge in [0.05, 0.1) is 0 Å². The van der Waals surface area contributed by atoms with E-state index < -0.39 is 0 Å². The molecule has 0 spiro atoms. The predicted molar refractivity (Wildman–Crippen MR) is 108 cm³/mol. The third kappa shape index (κ3) is 6.60. The average molecular weight is 374 g/mol. The van der Waals surface area contributed by atoms with Crippen molar-refractivity contribution in [2.75, 3.05) is 36.9 Å². The standard InChI is InChI=1S/C20H30N4O3/c1-6-24(7-2)12-13-26-16-10-8-15(9-11-16)21-19(25)22-18-14-17(27-23-18)20(3,4)5/h8-11,14H,6-7,12-13H2,1-5H3,(H2,21,22,23,25). The van der Waals surface area contributed by atoms with Crippen molar-refractivity contribution in [3.05, 3.63) is 36.1 Å². The van der Waals surface area contributed by atoms with E-state index in [4.69, 9.17) is 9.26 Å². The Kier molecular flexibility index (Phi) is 7.24. The minimum Gasteiger partial charge on any atom is -0.492 e. The number of aromatic nitrogens is 1. The molecule has 1 aromatic carbocycles. The summed E-state index contributed by atoms with van der Waals surface area (Å²) in [7, 11) is 0. The van der Waals surface area contributed by atoms with Crippen LogP contribution in [0.25, 0.3) is 0 Å². The van der Waals surface area contributed by atoms with Crippen molar-refractivity contribution in [3.63, 3.8) is 0 Å². The Morgan fingerprint density at radius 3 is 2.37 bits per heavy atom. The van der Waals surface area contributed by atoms with E-state index in [9.17, 15) is 4.79 Å². The van der Waals surface area contributed by atoms with E-state index in [0.717, 1.165) is 25.4 Å². The first-order valence-electron chi connectivity index (χ1n) is 9.32. The molecule has 0 radical (unpaired) electrons. The molecule has 1 aromatic heterocycles. The Balaban J connectivity index is 1.81. The van der Waals surface area contributed by atoms with Crippen molar-refractivity contribution >= 4 is 17.5 Å². The predicted octanol–water partition coefficient (Wildman–Crippen LogP) is 4.34. The van der Waals surface area contributed by atoms with E-state index in [2.05, 4.69) is 34.5 Å². The van der Waals surface area contributed by atoms with Gasteiger partial charge in [-0.05, 0) is 37.4 Å². The summed E-state index contributed by atoms with van der Waals surface area (Å²) in [6.45, 7) is 13.9. The molecule has 0 unspecified atom stereocenters. The van der Waals surface area contributed by atoms with Crippen LogP contribution in [0, 0.1) is 0 Å². The molecule has 0 saturated heterocycles. The summed E-state index contributed by atoms with van der Waals surface area (Å²) in [5.74, 6) is 1.87. The minimum absolute atomic E-state index is 0.162. The molecule has 2 amide bonds. The van der Waals surface area contributed by atoms with E-state index >= 15 is 0 Å². The van der Waals surface area contributed by atoms with E-state index in [0.29, 0.717) is 23.9 Å². The lowest BCUT2D eigenvalue weighted by molar-refractivity contribution is 0.223. The van der Waals surface area contributed by atoms with Crippen molar-refractivity contribution < 1.29 is 14.1 Å². The number of ether oxygens (including phenoxy) is 1. The van der Waals surface area contributed by atoms with Gasteiger partial charge in [-0.15, -0.1) is 0 Å². The number of rotatable bonds is 8. The number of carbonyl (C=O) groups excluding carboxylic acids is 1. The lowest BCUT2D eigenvalue weighted by atomic mass is 9.93. The summed E-state index contributed by atoms with van der Waals surface area (Å²) in [5.41, 5.74) is 0.507. The second-order valence-corrected chi connectivity index (χ2v) is 7.31. The highest BCUT2D eigenvalue weighted by atomic mass is 16.5. The number of urea groups is 1. The third-order valence-electron chi connectivity index (χ3n) is 4.17. The van der Waals surface area contributed by atoms with Gasteiger partial charge >= 0.3 is 6.03 Å². The zero-order valence-corrected chi connectivity index (χ0v) is 16.8. The number of anilines is 2. The van der Waals surface area contributed by atoms with Crippen LogP contribution in [0.1, 0.15) is 40.4 Å². The number of benzene rings is 1. The molecule has 27 heavy (non-hydrogen) atoms. The number of carbonyl (C=O) groups is 1. The van der Waals surface area contributed by atoms with E-state index in [1.165, 1.54) is 0 Å². The highest BCUT2D eigenvalue weighted by Crippen LogP contribution is 2.24. The van der Waals surface area contributed by atoms with Gasteiger partial charge in [0, 0.05) is 23.7 Å². The summed E-state index contributed by atoms with van der Waals surface area (Å²) in [5, 5.41) is 9.30. The topological polar surface area (TPSA) is 79.6 Å². The Bertz CT molecular complexity index is 716. The largest absolute Gasteiger partial charge is 0.492 e. The molecule has 0 atom stereocenters. The maximum Gasteiger partial charge on any atom is 0.324 e. The normalized spacial score (nSPS) is 11.5. The van der Waals surface area contributed by atoms with Gasteiger partial charge in [0.25, 0.3) is 0 Å². The van der Waals surface area contributed by atoms with Gasteiger partial charge in [0.15, 0.2) is 5.82 Å². The van der Waals surface area contributed by atoms with Gasteiger partial charge in [0.1, 0.15) is 18.1 Å². The average Bonchev–Trinajstić information content (AvgIpc) is 3.09. The van der Waals surface area contributed by atoms with Gasteiger partial charge in [-0.1, -0.05) is 39.8 Å². The molecule has 2 N–H and O–H groups in total. The van der Waals surface area contributed by atoms with E-state index in [1.54, 1.807) is 18.2 Å². The van der Waals surface area contributed by atoms with Crippen LogP contribution in [-0.2, 0) is 5.41 Å². The summed E-state index contributed by atoms with van der Waals surface area (Å²) in [6.07, 6.45) is 0. The molecule has 7 heteroatoms. The number of hydrogen-bond donors (Lipinski definition) is 2. The summed E-state index contributed by atoms with van der Waals surface area (Å²) in [6, 6.07) is 8.63. The lowest BCUT2D eigenvalue weighted by Gasteiger charge is -2.18. The fourth-order valence-electron chi connectivity index (χ4n) is 2.43. The van der Waals surface area contributed by atoms with Gasteiger partial charge in [-0.25, -0.2) is 4.79 Å². The quantitative estimate of drug-likeness (QED) is 0.719. The Morgan fingerprint density at radius 2 is 1.81 bits per heavy atom. The van der Waals surface area contributed by atoms with Crippen LogP contribution in [0.4, 0.5) is 16.3 Å². The molecule has 0 aliphatic rings. The molecule has 2 rings (SSSR count). The molecule has 148 valence electrons. The zero-order valence-electron chi connectivity index (χ0n) is 16.8. The van der Waals surface area contributed by atoms with Crippen LogP contribution < -0.4 is 15.4 Å². The van der Waals surface area contributed by atoms with Crippen LogP contribution in [0.3, 0.4) is 0 Å². The van der Waals surface area contributed by atoms with Gasteiger partial charge in [-0.3, -0.25) is 5.32 Å². The summed E-state index contributed by atoms with van der Waals surface area (Å²) in [4.78, 5) is 14.4. The number of nitrogens with zero attached hydrogens (tertiary/aromatic N) is 2. The second kappa shape index (κ2) is 9.41. The first-order chi connectivity index (χ1) is 12.8. The molecule has 2 aromatic rings. The van der Waals surface area contributed by atoms with Gasteiger partial charge in [0.2, 0.25) is 0 Å². The summed E-state index contributed by atoms with van der Waals surface area (Å²) < 4.78 is 11.0. The molecule has 0 fully saturated rings. The van der Waals surface area contributed by atoms with Crippen molar-refractivity contribution in [1.29, 1.82) is 0 Å². The zero-order chi connectivity index (χ0) is 19.9. The summed E-state index contributed by atoms with van der Waals surface area (Å²) >= 11 is 0. The minimum atomic E-state index is -0.376. The first-order valence-corrected chi connectivity index (χ1v) is 9.32. The fourth-order valence-corrected chi connectivity index (χ4v) is 2.43. The molecular weight excluding hydrogens is 344 g/mol. The van der Waals surface area contributed by atoms with Crippen LogP contribution in [0.5, 0.6) is 5.75 Å². The monoisotopic (exact) mass is 374 g/mol. The fraction of sp³-hybridized carbons (Fsp3) is 0.500. The van der Waals surface area contributed by atoms with Gasteiger partial charge in [-0.2, -0.15) is 0 Å². The highest BCUT2D eigenvalue weighted by Gasteiger charge is 2.20. The number of nitrogens with one attached hydrogen (secondary N) is 2. The van der Waals surface area contributed by atoms with E-state index in [1.807, 2.05) is 32.9 Å². The van der Waals surface area contributed by atoms with Crippen molar-refractivity contribution in [1.82, 2.24) is 10.1 Å². The van der Waals surface area contributed by atoms with Crippen molar-refractivity contribution in [2.24, 2.45) is 0 Å². The Hall–Kier alpha value is -2.54. The maximum absolute atomic E-state index is 12.1. The number of amides is 2. The molecule has 0 bridgehead atoms. The molecular formula is C20H30N4O3. The van der Waals surface area contributed by atoms with Crippen LogP contribution in [0.15, 0.2) is 34.9 Å². The van der Waals surface area contributed by atoms with Gasteiger partial charge < -0.3 is 19.5 Å². The molecule has 7 nitrogen and oxygen atoms in total. The van der Waals surface area contributed by atoms with Crippen LogP contribution in [-0.4, -0.2) is 42.3 Å². The first kappa shape index (κ1) is 20.8. The smallest absolute Gasteiger partial charge is 0.324 e. The molecule has 0 aliphatic heterocycles. The SMILES string of the molecule is CCN(CC)CCOc1ccc(NC(=O)Nc2cc(C(C)(C)C)on2)cc1. The second-order valence-electron chi connectivity index (χ2n) is 7.31. The van der Waals surface area contributed by atoms with Crippen molar-refractivity contribution in [3.8, 4) is 5.75 Å². The lowest BCUT2D eigenvalue weighted by Crippen LogP contribution is -2.27. The van der Waals surface area contributed by atoms with Crippen LogP contribution >= 0.6 is 0 Å². The molecule has 0 saturated carbocycles. The van der Waals surface area contributed by atoms with E-state index in [-0.39, 0.29) is 11.4 Å². The van der Waals surface area contributed by atoms with Crippen molar-refractivity contribution in [2.45, 2.75) is 40.0 Å². The Labute approximate surface area is 161 Å². The van der Waals surface area contributed by atoms with Crippen LogP contribution in [0.2, 0.25) is 0 Å². The Morgan fingerprint density at radius 1 is 1.15 bits per heavy atom. The third-order valence-corrected chi connectivity index (χ3v) is 4.17.